The summed E-state index contributed by atoms with van der Waals surface area (Å²) in [6.07, 6.45) is 5.66. The quantitative estimate of drug-likeness (QED) is 0.392. The Bertz CT molecular complexity index is 1340. The highest BCUT2D eigenvalue weighted by atomic mass is 16.5. The third-order valence-corrected chi connectivity index (χ3v) is 6.98. The summed E-state index contributed by atoms with van der Waals surface area (Å²) in [5.74, 6) is 0.842. The van der Waals surface area contributed by atoms with E-state index in [9.17, 15) is 4.79 Å². The van der Waals surface area contributed by atoms with E-state index in [0.29, 0.717) is 6.54 Å². The van der Waals surface area contributed by atoms with Crippen LogP contribution in [-0.4, -0.2) is 65.4 Å². The van der Waals surface area contributed by atoms with Crippen molar-refractivity contribution in [1.29, 1.82) is 0 Å². The van der Waals surface area contributed by atoms with Crippen LogP contribution < -0.4 is 15.0 Å². The minimum atomic E-state index is -0.00819. The van der Waals surface area contributed by atoms with Crippen LogP contribution in [0.4, 0.5) is 5.69 Å². The number of pyridine rings is 1. The fourth-order valence-corrected chi connectivity index (χ4v) is 5.20. The maximum Gasteiger partial charge on any atom is 0.216 e. The van der Waals surface area contributed by atoms with Crippen molar-refractivity contribution < 1.29 is 9.53 Å². The topological polar surface area (TPSA) is 75.5 Å². The third-order valence-electron chi connectivity index (χ3n) is 6.98. The summed E-state index contributed by atoms with van der Waals surface area (Å²) >= 11 is 0. The van der Waals surface area contributed by atoms with E-state index in [0.717, 1.165) is 72.7 Å². The molecule has 1 amide bonds. The Morgan fingerprint density at radius 3 is 2.70 bits per heavy atom. The number of fused-ring (bicyclic) bond motifs is 1. The van der Waals surface area contributed by atoms with Crippen molar-refractivity contribution in [3.8, 4) is 11.4 Å². The zero-order valence-electron chi connectivity index (χ0n) is 21.5. The average Bonchev–Trinajstić information content (AvgIpc) is 3.29. The predicted molar refractivity (Wildman–Crippen MR) is 146 cm³/mol. The number of aromatic nitrogens is 3. The second kappa shape index (κ2) is 11.4. The normalized spacial score (nSPS) is 15.4. The fraction of sp³-hybridized carbons (Fsp3) is 0.345. The highest BCUT2D eigenvalue weighted by Crippen LogP contribution is 2.36. The molecule has 0 radical (unpaired) electrons. The van der Waals surface area contributed by atoms with E-state index in [1.165, 1.54) is 0 Å². The number of ether oxygens (including phenoxy) is 1. The SMILES string of the molecule is COc1ccc2cccnc2c1N1CCCN(C(CCNC(C)=O)c2ccn(-c3ccccc3)n2)CC1. The molecule has 0 bridgehead atoms. The molecule has 1 aliphatic rings. The number of benzene rings is 2. The van der Waals surface area contributed by atoms with Crippen molar-refractivity contribution in [2.75, 3.05) is 44.7 Å². The number of para-hydroxylation sites is 1. The van der Waals surface area contributed by atoms with Gasteiger partial charge in [0.2, 0.25) is 5.91 Å². The molecule has 1 aliphatic heterocycles. The summed E-state index contributed by atoms with van der Waals surface area (Å²) in [5, 5.41) is 9.03. The van der Waals surface area contributed by atoms with Crippen molar-refractivity contribution in [3.63, 3.8) is 0 Å². The van der Waals surface area contributed by atoms with Crippen molar-refractivity contribution in [3.05, 3.63) is 78.8 Å². The van der Waals surface area contributed by atoms with Crippen LogP contribution in [0.5, 0.6) is 5.75 Å². The van der Waals surface area contributed by atoms with Gasteiger partial charge in [0.25, 0.3) is 0 Å². The molecule has 37 heavy (non-hydrogen) atoms. The van der Waals surface area contributed by atoms with Gasteiger partial charge in [0.15, 0.2) is 0 Å². The Balaban J connectivity index is 1.39. The van der Waals surface area contributed by atoms with E-state index >= 15 is 0 Å². The lowest BCUT2D eigenvalue weighted by atomic mass is 10.1. The fourth-order valence-electron chi connectivity index (χ4n) is 5.20. The summed E-state index contributed by atoms with van der Waals surface area (Å²) in [7, 11) is 1.72. The summed E-state index contributed by atoms with van der Waals surface area (Å²) < 4.78 is 7.69. The van der Waals surface area contributed by atoms with E-state index < -0.39 is 0 Å². The van der Waals surface area contributed by atoms with Gasteiger partial charge in [-0.1, -0.05) is 24.3 Å². The smallest absolute Gasteiger partial charge is 0.216 e. The van der Waals surface area contributed by atoms with Gasteiger partial charge in [-0.3, -0.25) is 14.7 Å². The molecule has 0 aliphatic carbocycles. The minimum Gasteiger partial charge on any atom is -0.494 e. The molecule has 3 heterocycles. The largest absolute Gasteiger partial charge is 0.494 e. The van der Waals surface area contributed by atoms with E-state index in [2.05, 4.69) is 45.4 Å². The number of carbonyl (C=O) groups excluding carboxylic acids is 1. The van der Waals surface area contributed by atoms with Gasteiger partial charge in [0.1, 0.15) is 11.4 Å². The molecule has 5 rings (SSSR count). The highest BCUT2D eigenvalue weighted by molar-refractivity contribution is 5.94. The van der Waals surface area contributed by atoms with Gasteiger partial charge in [-0.25, -0.2) is 4.68 Å². The van der Waals surface area contributed by atoms with Crippen LogP contribution in [0.1, 0.15) is 31.5 Å². The summed E-state index contributed by atoms with van der Waals surface area (Å²) in [4.78, 5) is 21.2. The number of methoxy groups -OCH3 is 1. The summed E-state index contributed by atoms with van der Waals surface area (Å²) in [6, 6.07) is 20.5. The van der Waals surface area contributed by atoms with Crippen LogP contribution in [0.2, 0.25) is 0 Å². The zero-order valence-corrected chi connectivity index (χ0v) is 21.5. The van der Waals surface area contributed by atoms with Crippen LogP contribution in [0.3, 0.4) is 0 Å². The molecule has 192 valence electrons. The molecular formula is C29H34N6O2. The van der Waals surface area contributed by atoms with Crippen molar-refractivity contribution >= 4 is 22.5 Å². The number of nitrogens with one attached hydrogen (secondary N) is 1. The van der Waals surface area contributed by atoms with E-state index in [1.807, 2.05) is 47.4 Å². The lowest BCUT2D eigenvalue weighted by Gasteiger charge is -2.30. The van der Waals surface area contributed by atoms with E-state index in [1.54, 1.807) is 14.0 Å². The number of amides is 1. The third kappa shape index (κ3) is 5.59. The van der Waals surface area contributed by atoms with Gasteiger partial charge in [-0.15, -0.1) is 0 Å². The van der Waals surface area contributed by atoms with Crippen LogP contribution in [0.25, 0.3) is 16.6 Å². The van der Waals surface area contributed by atoms with Gasteiger partial charge in [0, 0.05) is 57.4 Å². The molecule has 0 spiro atoms. The molecule has 1 unspecified atom stereocenters. The second-order valence-electron chi connectivity index (χ2n) is 9.38. The number of hydrogen-bond acceptors (Lipinski definition) is 6. The van der Waals surface area contributed by atoms with Crippen molar-refractivity contribution in [1.82, 2.24) is 25.0 Å². The predicted octanol–water partition coefficient (Wildman–Crippen LogP) is 4.21. The van der Waals surface area contributed by atoms with Gasteiger partial charge >= 0.3 is 0 Å². The molecule has 1 saturated heterocycles. The van der Waals surface area contributed by atoms with Gasteiger partial charge in [-0.05, 0) is 49.2 Å². The molecule has 1 fully saturated rings. The lowest BCUT2D eigenvalue weighted by Crippen LogP contribution is -2.36. The Labute approximate surface area is 217 Å². The second-order valence-corrected chi connectivity index (χ2v) is 9.38. The van der Waals surface area contributed by atoms with Gasteiger partial charge < -0.3 is 15.0 Å². The maximum atomic E-state index is 11.6. The molecular weight excluding hydrogens is 464 g/mol. The Hall–Kier alpha value is -3.91. The Kier molecular flexibility index (Phi) is 7.65. The maximum absolute atomic E-state index is 11.6. The number of anilines is 1. The van der Waals surface area contributed by atoms with Crippen LogP contribution in [0, 0.1) is 0 Å². The van der Waals surface area contributed by atoms with Gasteiger partial charge in [0.05, 0.1) is 30.0 Å². The molecule has 2 aromatic heterocycles. The van der Waals surface area contributed by atoms with Crippen LogP contribution in [0.15, 0.2) is 73.1 Å². The number of carbonyl (C=O) groups is 1. The zero-order chi connectivity index (χ0) is 25.6. The first-order valence-electron chi connectivity index (χ1n) is 12.9. The molecule has 8 nitrogen and oxygen atoms in total. The van der Waals surface area contributed by atoms with Gasteiger partial charge in [-0.2, -0.15) is 5.10 Å². The van der Waals surface area contributed by atoms with Crippen LogP contribution >= 0.6 is 0 Å². The minimum absolute atomic E-state index is 0.00819. The molecule has 4 aromatic rings. The summed E-state index contributed by atoms with van der Waals surface area (Å²) in [6.45, 7) is 5.75. The molecule has 0 saturated carbocycles. The average molecular weight is 499 g/mol. The molecule has 1 atom stereocenters. The van der Waals surface area contributed by atoms with E-state index in [4.69, 9.17) is 14.8 Å². The Morgan fingerprint density at radius 1 is 1.03 bits per heavy atom. The number of hydrogen-bond donors (Lipinski definition) is 1. The highest BCUT2D eigenvalue weighted by Gasteiger charge is 2.27. The lowest BCUT2D eigenvalue weighted by molar-refractivity contribution is -0.119. The monoisotopic (exact) mass is 498 g/mol. The number of nitrogens with zero attached hydrogens (tertiary/aromatic N) is 5. The molecule has 8 heteroatoms. The molecule has 2 aromatic carbocycles. The van der Waals surface area contributed by atoms with Crippen molar-refractivity contribution in [2.24, 2.45) is 0 Å². The number of rotatable bonds is 8. The molecule has 1 N–H and O–H groups in total. The first-order chi connectivity index (χ1) is 18.1. The first kappa shape index (κ1) is 24.8. The first-order valence-corrected chi connectivity index (χ1v) is 12.9. The standard InChI is InChI=1S/C29H34N6O2/c1-22(36)30-16-13-26(25-14-19-35(32-25)24-9-4-3-5-10-24)33-17-7-18-34(21-20-33)29-27(37-2)12-11-23-8-6-15-31-28(23)29/h3-6,8-12,14-15,19,26H,7,13,16-18,20-21H2,1-2H3,(H,30,36). The summed E-state index contributed by atoms with van der Waals surface area (Å²) in [5.41, 5.74) is 4.09. The van der Waals surface area contributed by atoms with Crippen molar-refractivity contribution in [2.45, 2.75) is 25.8 Å². The Morgan fingerprint density at radius 2 is 1.89 bits per heavy atom. The van der Waals surface area contributed by atoms with E-state index in [-0.39, 0.29) is 11.9 Å². The van der Waals surface area contributed by atoms with Crippen LogP contribution in [-0.2, 0) is 4.79 Å².